The lowest BCUT2D eigenvalue weighted by Gasteiger charge is -2.33. The molecule has 0 bridgehead atoms. The lowest BCUT2D eigenvalue weighted by molar-refractivity contribution is 0.254. The summed E-state index contributed by atoms with van der Waals surface area (Å²) in [4.78, 5) is 8.89. The van der Waals surface area contributed by atoms with Crippen molar-refractivity contribution in [2.24, 2.45) is 13.0 Å². The van der Waals surface area contributed by atoms with Crippen LogP contribution < -0.4 is 0 Å². The quantitative estimate of drug-likeness (QED) is 0.797. The first-order chi connectivity index (χ1) is 12.3. The SMILES string of the molecule is Cc1ncc(-c2ccc(C[C@@H]3CCCN(S(=O)(=O)N(C)C)C3)cn2)n1C. The van der Waals surface area contributed by atoms with Crippen LogP contribution in [0.2, 0.25) is 0 Å². The molecule has 0 unspecified atom stereocenters. The van der Waals surface area contributed by atoms with Gasteiger partial charge in [-0.25, -0.2) is 4.98 Å². The number of hydrogen-bond donors (Lipinski definition) is 0. The zero-order chi connectivity index (χ0) is 18.9. The molecule has 0 radical (unpaired) electrons. The number of nitrogens with zero attached hydrogens (tertiary/aromatic N) is 5. The number of piperidine rings is 1. The maximum atomic E-state index is 12.4. The summed E-state index contributed by atoms with van der Waals surface area (Å²) in [6, 6.07) is 4.10. The lowest BCUT2D eigenvalue weighted by atomic mass is 9.93. The van der Waals surface area contributed by atoms with Crippen LogP contribution in [0.4, 0.5) is 0 Å². The van der Waals surface area contributed by atoms with E-state index < -0.39 is 10.2 Å². The zero-order valence-corrected chi connectivity index (χ0v) is 16.7. The molecule has 1 atom stereocenters. The van der Waals surface area contributed by atoms with Crippen LogP contribution in [0.3, 0.4) is 0 Å². The van der Waals surface area contributed by atoms with Crippen molar-refractivity contribution in [3.63, 3.8) is 0 Å². The molecule has 1 fully saturated rings. The van der Waals surface area contributed by atoms with Crippen molar-refractivity contribution < 1.29 is 8.42 Å². The molecule has 2 aromatic rings. The van der Waals surface area contributed by atoms with E-state index in [1.807, 2.05) is 37.0 Å². The first-order valence-corrected chi connectivity index (χ1v) is 10.3. The summed E-state index contributed by atoms with van der Waals surface area (Å²) < 4.78 is 29.6. The van der Waals surface area contributed by atoms with E-state index >= 15 is 0 Å². The van der Waals surface area contributed by atoms with Crippen LogP contribution in [0.5, 0.6) is 0 Å². The van der Waals surface area contributed by atoms with E-state index in [1.54, 1.807) is 18.4 Å². The number of imidazole rings is 1. The van der Waals surface area contributed by atoms with Crippen LogP contribution in [0.1, 0.15) is 24.2 Å². The van der Waals surface area contributed by atoms with Gasteiger partial charge >= 0.3 is 0 Å². The van der Waals surface area contributed by atoms with Crippen LogP contribution in [0.25, 0.3) is 11.4 Å². The molecule has 1 aliphatic rings. The molecule has 2 aromatic heterocycles. The van der Waals surface area contributed by atoms with Crippen LogP contribution >= 0.6 is 0 Å². The molecule has 0 saturated carbocycles. The van der Waals surface area contributed by atoms with Crippen LogP contribution in [-0.4, -0.2) is 58.7 Å². The first-order valence-electron chi connectivity index (χ1n) is 8.90. The second-order valence-corrected chi connectivity index (χ2v) is 9.30. The van der Waals surface area contributed by atoms with Gasteiger partial charge in [0.15, 0.2) is 0 Å². The van der Waals surface area contributed by atoms with Crippen LogP contribution in [0.15, 0.2) is 24.5 Å². The molecule has 0 N–H and O–H groups in total. The fourth-order valence-electron chi connectivity index (χ4n) is 3.40. The van der Waals surface area contributed by atoms with Crippen LogP contribution in [0, 0.1) is 12.8 Å². The molecule has 7 nitrogen and oxygen atoms in total. The van der Waals surface area contributed by atoms with E-state index in [4.69, 9.17) is 0 Å². The van der Waals surface area contributed by atoms with Gasteiger partial charge in [0.1, 0.15) is 5.82 Å². The second kappa shape index (κ2) is 7.46. The summed E-state index contributed by atoms with van der Waals surface area (Å²) in [6.07, 6.45) is 6.52. The first kappa shape index (κ1) is 19.0. The summed E-state index contributed by atoms with van der Waals surface area (Å²) in [6.45, 7) is 3.14. The van der Waals surface area contributed by atoms with E-state index in [-0.39, 0.29) is 0 Å². The Morgan fingerprint density at radius 3 is 2.58 bits per heavy atom. The maximum absolute atomic E-state index is 12.4. The average Bonchev–Trinajstić information content (AvgIpc) is 2.95. The maximum Gasteiger partial charge on any atom is 0.281 e. The van der Waals surface area contributed by atoms with Crippen LogP contribution in [-0.2, 0) is 23.7 Å². The van der Waals surface area contributed by atoms with Gasteiger partial charge in [-0.1, -0.05) is 6.07 Å². The minimum atomic E-state index is -3.33. The summed E-state index contributed by atoms with van der Waals surface area (Å²) in [5, 5.41) is 0. The van der Waals surface area contributed by atoms with Crippen molar-refractivity contribution >= 4 is 10.2 Å². The van der Waals surface area contributed by atoms with Crippen molar-refractivity contribution in [1.82, 2.24) is 23.1 Å². The summed E-state index contributed by atoms with van der Waals surface area (Å²) in [7, 11) is 1.82. The lowest BCUT2D eigenvalue weighted by Crippen LogP contribution is -2.45. The summed E-state index contributed by atoms with van der Waals surface area (Å²) in [5.74, 6) is 1.28. The van der Waals surface area contributed by atoms with Gasteiger partial charge in [0.2, 0.25) is 0 Å². The molecule has 26 heavy (non-hydrogen) atoms. The van der Waals surface area contributed by atoms with Gasteiger partial charge in [-0.15, -0.1) is 0 Å². The standard InChI is InChI=1S/C18H27N5O2S/c1-14-19-12-18(22(14)4)17-8-7-15(11-20-17)10-16-6-5-9-23(13-16)26(24,25)21(2)3/h7-8,11-12,16H,5-6,9-10,13H2,1-4H3/t16-/m0/s1. The third kappa shape index (κ3) is 3.82. The fraction of sp³-hybridized carbons (Fsp3) is 0.556. The van der Waals surface area contributed by atoms with Gasteiger partial charge in [0.25, 0.3) is 10.2 Å². The smallest absolute Gasteiger partial charge is 0.281 e. The highest BCUT2D eigenvalue weighted by molar-refractivity contribution is 7.86. The van der Waals surface area contributed by atoms with E-state index in [2.05, 4.69) is 16.0 Å². The van der Waals surface area contributed by atoms with E-state index in [0.29, 0.717) is 19.0 Å². The Morgan fingerprint density at radius 2 is 2.00 bits per heavy atom. The monoisotopic (exact) mass is 377 g/mol. The average molecular weight is 378 g/mol. The predicted octanol–water partition coefficient (Wildman–Crippen LogP) is 1.85. The van der Waals surface area contributed by atoms with Gasteiger partial charge in [0, 0.05) is 40.4 Å². The number of hydrogen-bond acceptors (Lipinski definition) is 4. The van der Waals surface area contributed by atoms with Gasteiger partial charge in [-0.05, 0) is 43.7 Å². The Bertz CT molecular complexity index is 858. The van der Waals surface area contributed by atoms with Gasteiger partial charge in [-0.2, -0.15) is 17.0 Å². The molecule has 3 rings (SSSR count). The molecule has 1 aliphatic heterocycles. The molecule has 142 valence electrons. The molecular formula is C18H27N5O2S. The van der Waals surface area contributed by atoms with E-state index in [9.17, 15) is 8.42 Å². The Hall–Kier alpha value is -1.77. The summed E-state index contributed by atoms with van der Waals surface area (Å²) in [5.41, 5.74) is 3.04. The highest BCUT2D eigenvalue weighted by Crippen LogP contribution is 2.24. The van der Waals surface area contributed by atoms with Gasteiger partial charge < -0.3 is 4.57 Å². The molecular weight excluding hydrogens is 350 g/mol. The Labute approximate surface area is 155 Å². The largest absolute Gasteiger partial charge is 0.330 e. The molecule has 8 heteroatoms. The Balaban J connectivity index is 1.68. The molecule has 0 amide bonds. The van der Waals surface area contributed by atoms with Crippen molar-refractivity contribution in [3.8, 4) is 11.4 Å². The third-order valence-corrected chi connectivity index (χ3v) is 7.01. The Morgan fingerprint density at radius 1 is 1.23 bits per heavy atom. The number of aromatic nitrogens is 3. The van der Waals surface area contributed by atoms with Gasteiger partial charge in [-0.3, -0.25) is 4.98 Å². The van der Waals surface area contributed by atoms with Crippen molar-refractivity contribution in [2.75, 3.05) is 27.2 Å². The normalized spacial score (nSPS) is 19.2. The molecule has 0 aromatic carbocycles. The van der Waals surface area contributed by atoms with Crippen molar-refractivity contribution in [1.29, 1.82) is 0 Å². The Kier molecular flexibility index (Phi) is 5.45. The fourth-order valence-corrected chi connectivity index (χ4v) is 4.63. The minimum absolute atomic E-state index is 0.324. The molecule has 0 aliphatic carbocycles. The van der Waals surface area contributed by atoms with E-state index in [0.717, 1.165) is 42.0 Å². The highest BCUT2D eigenvalue weighted by atomic mass is 32.2. The van der Waals surface area contributed by atoms with Crippen molar-refractivity contribution in [3.05, 3.63) is 35.9 Å². The minimum Gasteiger partial charge on any atom is -0.330 e. The highest BCUT2D eigenvalue weighted by Gasteiger charge is 2.30. The third-order valence-electron chi connectivity index (χ3n) is 5.10. The number of pyridine rings is 1. The zero-order valence-electron chi connectivity index (χ0n) is 15.9. The summed E-state index contributed by atoms with van der Waals surface area (Å²) >= 11 is 0. The molecule has 3 heterocycles. The molecule has 0 spiro atoms. The number of rotatable bonds is 5. The second-order valence-electron chi connectivity index (χ2n) is 7.16. The number of aryl methyl sites for hydroxylation is 1. The predicted molar refractivity (Wildman–Crippen MR) is 102 cm³/mol. The van der Waals surface area contributed by atoms with E-state index in [1.165, 1.54) is 4.31 Å². The van der Waals surface area contributed by atoms with Gasteiger partial charge in [0.05, 0.1) is 17.6 Å². The van der Waals surface area contributed by atoms with Crippen molar-refractivity contribution in [2.45, 2.75) is 26.2 Å². The molecule has 1 saturated heterocycles. The topological polar surface area (TPSA) is 71.3 Å².